The number of carbonyl (C=O) groups excluding carboxylic acids is 1. The summed E-state index contributed by atoms with van der Waals surface area (Å²) in [5, 5.41) is 0.00880. The van der Waals surface area contributed by atoms with Crippen molar-refractivity contribution in [1.82, 2.24) is 0 Å². The van der Waals surface area contributed by atoms with Gasteiger partial charge in [-0.3, -0.25) is 4.79 Å². The van der Waals surface area contributed by atoms with Crippen molar-refractivity contribution in [3.05, 3.63) is 58.6 Å². The maximum atomic E-state index is 13.7. The highest BCUT2D eigenvalue weighted by Crippen LogP contribution is 2.32. The first-order valence-electron chi connectivity index (χ1n) is 5.05. The maximum Gasteiger partial charge on any atom is 0.250 e. The summed E-state index contributed by atoms with van der Waals surface area (Å²) in [6, 6.07) is 8.17. The van der Waals surface area contributed by atoms with E-state index in [1.165, 1.54) is 30.3 Å². The predicted octanol–water partition coefficient (Wildman–Crippen LogP) is 3.38. The molecule has 0 heterocycles. The van der Waals surface area contributed by atoms with E-state index in [0.29, 0.717) is 0 Å². The van der Waals surface area contributed by atoms with Crippen molar-refractivity contribution in [2.45, 2.75) is 0 Å². The Morgan fingerprint density at radius 3 is 2.33 bits per heavy atom. The lowest BCUT2D eigenvalue weighted by molar-refractivity contribution is 0.100. The predicted molar refractivity (Wildman–Crippen MR) is 65.3 cm³/mol. The Bertz CT molecular complexity index is 628. The standard InChI is InChI=1S/C13H8ClF2NO/c14-11-7(3-1-5-9(11)13(17)18)8-4-2-6-10(15)12(8)16/h1-6H,(H2,17,18). The van der Waals surface area contributed by atoms with Crippen LogP contribution < -0.4 is 5.73 Å². The molecule has 92 valence electrons. The van der Waals surface area contributed by atoms with Gasteiger partial charge in [-0.05, 0) is 12.1 Å². The van der Waals surface area contributed by atoms with Crippen LogP contribution in [0.3, 0.4) is 0 Å². The fraction of sp³-hybridized carbons (Fsp3) is 0. The van der Waals surface area contributed by atoms with Gasteiger partial charge in [0, 0.05) is 11.1 Å². The molecule has 0 saturated carbocycles. The first kappa shape index (κ1) is 12.5. The summed E-state index contributed by atoms with van der Waals surface area (Å²) in [6.07, 6.45) is 0. The van der Waals surface area contributed by atoms with Gasteiger partial charge in [-0.1, -0.05) is 35.9 Å². The number of halogens is 3. The van der Waals surface area contributed by atoms with Crippen LogP contribution in [0.15, 0.2) is 36.4 Å². The van der Waals surface area contributed by atoms with E-state index in [1.54, 1.807) is 0 Å². The summed E-state index contributed by atoms with van der Waals surface area (Å²) in [5.74, 6) is -2.72. The van der Waals surface area contributed by atoms with E-state index in [2.05, 4.69) is 0 Å². The molecule has 0 atom stereocenters. The number of primary amides is 1. The maximum absolute atomic E-state index is 13.7. The molecule has 0 spiro atoms. The lowest BCUT2D eigenvalue weighted by atomic mass is 10.0. The molecular formula is C13H8ClF2NO. The van der Waals surface area contributed by atoms with Gasteiger partial charge in [0.1, 0.15) is 0 Å². The molecular weight excluding hydrogens is 260 g/mol. The van der Waals surface area contributed by atoms with Gasteiger partial charge >= 0.3 is 0 Å². The number of amides is 1. The molecule has 0 unspecified atom stereocenters. The highest BCUT2D eigenvalue weighted by molar-refractivity contribution is 6.36. The molecule has 2 aromatic carbocycles. The number of benzene rings is 2. The van der Waals surface area contributed by atoms with E-state index in [4.69, 9.17) is 17.3 Å². The van der Waals surface area contributed by atoms with Gasteiger partial charge in [-0.25, -0.2) is 8.78 Å². The van der Waals surface area contributed by atoms with Crippen LogP contribution in [0, 0.1) is 11.6 Å². The zero-order valence-electron chi connectivity index (χ0n) is 9.08. The second-order valence-corrected chi connectivity index (χ2v) is 4.01. The Morgan fingerprint density at radius 1 is 1.06 bits per heavy atom. The monoisotopic (exact) mass is 267 g/mol. The highest BCUT2D eigenvalue weighted by atomic mass is 35.5. The number of hydrogen-bond donors (Lipinski definition) is 1. The van der Waals surface area contributed by atoms with Gasteiger partial charge in [0.05, 0.1) is 10.6 Å². The third-order valence-corrected chi connectivity index (χ3v) is 2.91. The van der Waals surface area contributed by atoms with Crippen LogP contribution in [-0.2, 0) is 0 Å². The molecule has 0 aliphatic carbocycles. The number of nitrogens with two attached hydrogens (primary N) is 1. The Labute approximate surface area is 107 Å². The molecule has 2 N–H and O–H groups in total. The average molecular weight is 268 g/mol. The van der Waals surface area contributed by atoms with Crippen LogP contribution in [0.25, 0.3) is 11.1 Å². The van der Waals surface area contributed by atoms with Crippen molar-refractivity contribution in [1.29, 1.82) is 0 Å². The second kappa shape index (κ2) is 4.74. The Hall–Kier alpha value is -1.94. The van der Waals surface area contributed by atoms with Gasteiger partial charge < -0.3 is 5.73 Å². The normalized spacial score (nSPS) is 10.4. The first-order chi connectivity index (χ1) is 8.52. The van der Waals surface area contributed by atoms with Gasteiger partial charge in [0.25, 0.3) is 0 Å². The van der Waals surface area contributed by atoms with Gasteiger partial charge in [-0.15, -0.1) is 0 Å². The third kappa shape index (κ3) is 2.07. The molecule has 0 aliphatic rings. The minimum atomic E-state index is -1.01. The summed E-state index contributed by atoms with van der Waals surface area (Å²) >= 11 is 5.97. The summed E-state index contributed by atoms with van der Waals surface area (Å²) in [5.41, 5.74) is 5.42. The topological polar surface area (TPSA) is 43.1 Å². The molecule has 2 nitrogen and oxygen atoms in total. The molecule has 0 radical (unpaired) electrons. The molecule has 5 heteroatoms. The molecule has 1 amide bonds. The molecule has 2 aromatic rings. The largest absolute Gasteiger partial charge is 0.366 e. The summed E-state index contributed by atoms with van der Waals surface area (Å²) < 4.78 is 26.8. The minimum absolute atomic E-state index is 0.00880. The van der Waals surface area contributed by atoms with Crippen LogP contribution >= 0.6 is 11.6 Å². The van der Waals surface area contributed by atoms with E-state index < -0.39 is 17.5 Å². The smallest absolute Gasteiger partial charge is 0.250 e. The highest BCUT2D eigenvalue weighted by Gasteiger charge is 2.16. The average Bonchev–Trinajstić information content (AvgIpc) is 2.33. The van der Waals surface area contributed by atoms with Crippen molar-refractivity contribution in [3.8, 4) is 11.1 Å². The fourth-order valence-corrected chi connectivity index (χ4v) is 1.96. The lowest BCUT2D eigenvalue weighted by Crippen LogP contribution is -2.11. The van der Waals surface area contributed by atoms with E-state index in [-0.39, 0.29) is 21.7 Å². The van der Waals surface area contributed by atoms with Crippen molar-refractivity contribution < 1.29 is 13.6 Å². The quantitative estimate of drug-likeness (QED) is 0.890. The van der Waals surface area contributed by atoms with Gasteiger partial charge in [0.15, 0.2) is 11.6 Å². The molecule has 0 saturated heterocycles. The van der Waals surface area contributed by atoms with Crippen molar-refractivity contribution in [2.75, 3.05) is 0 Å². The van der Waals surface area contributed by atoms with Gasteiger partial charge in [0.2, 0.25) is 5.91 Å². The van der Waals surface area contributed by atoms with Crippen LogP contribution in [0.1, 0.15) is 10.4 Å². The minimum Gasteiger partial charge on any atom is -0.366 e. The van der Waals surface area contributed by atoms with Crippen molar-refractivity contribution in [3.63, 3.8) is 0 Å². The number of hydrogen-bond acceptors (Lipinski definition) is 1. The zero-order valence-corrected chi connectivity index (χ0v) is 9.84. The lowest BCUT2D eigenvalue weighted by Gasteiger charge is -2.08. The zero-order chi connectivity index (χ0) is 13.3. The molecule has 0 aromatic heterocycles. The first-order valence-corrected chi connectivity index (χ1v) is 5.43. The molecule has 2 rings (SSSR count). The molecule has 18 heavy (non-hydrogen) atoms. The summed E-state index contributed by atoms with van der Waals surface area (Å²) in [6.45, 7) is 0. The van der Waals surface area contributed by atoms with Crippen LogP contribution in [0.5, 0.6) is 0 Å². The number of rotatable bonds is 2. The summed E-state index contributed by atoms with van der Waals surface area (Å²) in [4.78, 5) is 11.1. The molecule has 0 fully saturated rings. The van der Waals surface area contributed by atoms with E-state index in [1.807, 2.05) is 0 Å². The van der Waals surface area contributed by atoms with Gasteiger partial charge in [-0.2, -0.15) is 0 Å². The number of carbonyl (C=O) groups is 1. The van der Waals surface area contributed by atoms with Crippen LogP contribution in [-0.4, -0.2) is 5.91 Å². The fourth-order valence-electron chi connectivity index (χ4n) is 1.64. The van der Waals surface area contributed by atoms with E-state index >= 15 is 0 Å². The Morgan fingerprint density at radius 2 is 1.67 bits per heavy atom. The Kier molecular flexibility index (Phi) is 3.30. The SMILES string of the molecule is NC(=O)c1cccc(-c2cccc(F)c2F)c1Cl. The Balaban J connectivity index is 2.69. The van der Waals surface area contributed by atoms with E-state index in [0.717, 1.165) is 6.07 Å². The second-order valence-electron chi connectivity index (χ2n) is 3.63. The summed E-state index contributed by atoms with van der Waals surface area (Å²) in [7, 11) is 0. The molecule has 0 bridgehead atoms. The van der Waals surface area contributed by atoms with E-state index in [9.17, 15) is 13.6 Å². The van der Waals surface area contributed by atoms with Crippen LogP contribution in [0.2, 0.25) is 5.02 Å². The van der Waals surface area contributed by atoms with Crippen molar-refractivity contribution >= 4 is 17.5 Å². The third-order valence-electron chi connectivity index (χ3n) is 2.51. The molecule has 0 aliphatic heterocycles. The van der Waals surface area contributed by atoms with Crippen molar-refractivity contribution in [2.24, 2.45) is 5.73 Å². The van der Waals surface area contributed by atoms with Crippen LogP contribution in [0.4, 0.5) is 8.78 Å².